The van der Waals surface area contributed by atoms with Crippen LogP contribution in [0.5, 0.6) is 5.75 Å². The second-order valence-corrected chi connectivity index (χ2v) is 8.69. The molecule has 2 heterocycles. The zero-order valence-corrected chi connectivity index (χ0v) is 19.4. The quantitative estimate of drug-likeness (QED) is 0.419. The first-order valence-electron chi connectivity index (χ1n) is 11.0. The second kappa shape index (κ2) is 8.25. The maximum Gasteiger partial charge on any atom is 0.511 e. The van der Waals surface area contributed by atoms with Crippen molar-refractivity contribution in [3.8, 4) is 11.4 Å². The summed E-state index contributed by atoms with van der Waals surface area (Å²) in [6.07, 6.45) is -5.54. The highest BCUT2D eigenvalue weighted by Crippen LogP contribution is 2.41. The van der Waals surface area contributed by atoms with Gasteiger partial charge in [0.15, 0.2) is 0 Å². The number of fused-ring (bicyclic) bond motifs is 2. The van der Waals surface area contributed by atoms with Gasteiger partial charge in [0.1, 0.15) is 0 Å². The van der Waals surface area contributed by atoms with E-state index in [-0.39, 0.29) is 35.3 Å². The summed E-state index contributed by atoms with van der Waals surface area (Å²) in [5, 5.41) is 9.15. The Morgan fingerprint density at radius 2 is 1.73 bits per heavy atom. The smallest absolute Gasteiger partial charge is 0.449 e. The molecular formula is C24H19F3N4O6. The number of carboxylic acid groups (broad SMARTS) is 1. The van der Waals surface area contributed by atoms with Crippen molar-refractivity contribution in [2.75, 3.05) is 0 Å². The SMILES string of the molecule is Cn1c(=O)n(C)c2cc(-n3cc(OC(=O)O)c(=O)n([C@@H]4CCc5c4cccc5C(F)(F)F)c3=O)ccc21. The molecule has 0 spiro atoms. The van der Waals surface area contributed by atoms with Crippen LogP contribution < -0.4 is 21.7 Å². The first kappa shape index (κ1) is 24.2. The molecule has 1 N–H and O–H groups in total. The lowest BCUT2D eigenvalue weighted by molar-refractivity contribution is -0.138. The summed E-state index contributed by atoms with van der Waals surface area (Å²) in [6, 6.07) is 7.04. The molecule has 0 radical (unpaired) electrons. The maximum absolute atomic E-state index is 13.6. The van der Waals surface area contributed by atoms with E-state index in [1.165, 1.54) is 40.4 Å². The van der Waals surface area contributed by atoms with E-state index in [0.717, 1.165) is 21.4 Å². The fourth-order valence-electron chi connectivity index (χ4n) is 4.98. The van der Waals surface area contributed by atoms with Crippen LogP contribution in [0.15, 0.2) is 57.0 Å². The van der Waals surface area contributed by atoms with Crippen molar-refractivity contribution in [2.45, 2.75) is 25.1 Å². The molecule has 0 saturated heterocycles. The molecule has 37 heavy (non-hydrogen) atoms. The van der Waals surface area contributed by atoms with Crippen molar-refractivity contribution in [1.29, 1.82) is 0 Å². The minimum absolute atomic E-state index is 0.0142. The van der Waals surface area contributed by atoms with Crippen LogP contribution in [0.1, 0.15) is 29.2 Å². The number of alkyl halides is 3. The Labute approximate surface area is 205 Å². The van der Waals surface area contributed by atoms with Crippen LogP contribution in [0.4, 0.5) is 18.0 Å². The molecular weight excluding hydrogens is 497 g/mol. The minimum Gasteiger partial charge on any atom is -0.449 e. The van der Waals surface area contributed by atoms with E-state index in [1.807, 2.05) is 0 Å². The first-order chi connectivity index (χ1) is 17.4. The molecule has 1 atom stereocenters. The van der Waals surface area contributed by atoms with Crippen molar-refractivity contribution in [1.82, 2.24) is 18.3 Å². The van der Waals surface area contributed by atoms with Gasteiger partial charge in [0.25, 0.3) is 5.56 Å². The number of aromatic nitrogens is 4. The minimum atomic E-state index is -4.62. The molecule has 1 aliphatic rings. The van der Waals surface area contributed by atoms with Crippen LogP contribution in [0.25, 0.3) is 16.7 Å². The van der Waals surface area contributed by atoms with Crippen LogP contribution in [0.2, 0.25) is 0 Å². The van der Waals surface area contributed by atoms with E-state index in [0.29, 0.717) is 11.0 Å². The van der Waals surface area contributed by atoms with E-state index in [4.69, 9.17) is 5.11 Å². The van der Waals surface area contributed by atoms with Gasteiger partial charge in [-0.3, -0.25) is 18.5 Å². The number of hydrogen-bond donors (Lipinski definition) is 1. The van der Waals surface area contributed by atoms with Crippen molar-refractivity contribution in [2.24, 2.45) is 14.1 Å². The van der Waals surface area contributed by atoms with Gasteiger partial charge in [-0.25, -0.2) is 19.0 Å². The molecule has 10 nitrogen and oxygen atoms in total. The predicted octanol–water partition coefficient (Wildman–Crippen LogP) is 2.80. The number of carbonyl (C=O) groups is 1. The largest absolute Gasteiger partial charge is 0.511 e. The van der Waals surface area contributed by atoms with Crippen molar-refractivity contribution in [3.05, 3.63) is 90.6 Å². The number of ether oxygens (including phenoxy) is 1. The van der Waals surface area contributed by atoms with E-state index in [9.17, 15) is 32.3 Å². The molecule has 13 heteroatoms. The lowest BCUT2D eigenvalue weighted by Gasteiger charge is -2.19. The second-order valence-electron chi connectivity index (χ2n) is 8.69. The standard InChI is InChI=1S/C24H19F3N4O6/c1-28-17-8-6-12(10-18(17)29(2)21(28)33)30-11-19(37-23(35)36)20(32)31(22(30)34)16-9-7-13-14(16)4-3-5-15(13)24(25,26)27/h3-6,8,10-11,16H,7,9H2,1-2H3,(H,35,36)/t16-/m1/s1. The van der Waals surface area contributed by atoms with Gasteiger partial charge >= 0.3 is 23.7 Å². The molecule has 1 aliphatic carbocycles. The van der Waals surface area contributed by atoms with E-state index >= 15 is 0 Å². The number of imidazole rings is 1. The number of aryl methyl sites for hydroxylation is 2. The molecule has 0 bridgehead atoms. The third-order valence-corrected chi connectivity index (χ3v) is 6.68. The highest BCUT2D eigenvalue weighted by molar-refractivity contribution is 5.78. The fourth-order valence-corrected chi connectivity index (χ4v) is 4.98. The van der Waals surface area contributed by atoms with Gasteiger partial charge in [0.05, 0.1) is 34.5 Å². The third-order valence-electron chi connectivity index (χ3n) is 6.68. The normalized spacial score (nSPS) is 15.2. The molecule has 5 rings (SSSR count). The number of halogens is 3. The molecule has 2 aromatic heterocycles. The number of benzene rings is 2. The number of rotatable bonds is 3. The average Bonchev–Trinajstić information content (AvgIpc) is 3.35. The van der Waals surface area contributed by atoms with Gasteiger partial charge in [-0.05, 0) is 48.2 Å². The summed E-state index contributed by atoms with van der Waals surface area (Å²) in [6.45, 7) is 0. The fraction of sp³-hybridized carbons (Fsp3) is 0.250. The van der Waals surface area contributed by atoms with Crippen LogP contribution in [-0.2, 0) is 26.7 Å². The average molecular weight is 516 g/mol. The summed E-state index contributed by atoms with van der Waals surface area (Å²) in [4.78, 5) is 50.4. The highest BCUT2D eigenvalue weighted by Gasteiger charge is 2.38. The zero-order valence-electron chi connectivity index (χ0n) is 19.4. The predicted molar refractivity (Wildman–Crippen MR) is 125 cm³/mol. The lowest BCUT2D eigenvalue weighted by Crippen LogP contribution is -2.42. The number of hydrogen-bond acceptors (Lipinski definition) is 5. The van der Waals surface area contributed by atoms with Gasteiger partial charge in [0, 0.05) is 14.1 Å². The summed E-state index contributed by atoms with van der Waals surface area (Å²) in [5.74, 6) is -0.699. The molecule has 0 amide bonds. The van der Waals surface area contributed by atoms with Gasteiger partial charge in [-0.1, -0.05) is 12.1 Å². The molecule has 4 aromatic rings. The van der Waals surface area contributed by atoms with Gasteiger partial charge in [-0.2, -0.15) is 13.2 Å². The topological polar surface area (TPSA) is 117 Å². The summed E-state index contributed by atoms with van der Waals surface area (Å²) >= 11 is 0. The van der Waals surface area contributed by atoms with E-state index in [2.05, 4.69) is 4.74 Å². The number of nitrogens with zero attached hydrogens (tertiary/aromatic N) is 4. The monoisotopic (exact) mass is 516 g/mol. The summed E-state index contributed by atoms with van der Waals surface area (Å²) in [7, 11) is 3.10. The Balaban J connectivity index is 1.77. The maximum atomic E-state index is 13.6. The van der Waals surface area contributed by atoms with Crippen LogP contribution in [0.3, 0.4) is 0 Å². The van der Waals surface area contributed by atoms with E-state index < -0.39 is 40.9 Å². The Kier molecular flexibility index (Phi) is 5.39. The molecule has 0 unspecified atom stereocenters. The summed E-state index contributed by atoms with van der Waals surface area (Å²) in [5.41, 5.74) is -1.84. The Bertz CT molecular complexity index is 1780. The van der Waals surface area contributed by atoms with Crippen molar-refractivity contribution in [3.63, 3.8) is 0 Å². The highest BCUT2D eigenvalue weighted by atomic mass is 19.4. The molecule has 2 aromatic carbocycles. The Hall–Kier alpha value is -4.55. The van der Waals surface area contributed by atoms with Gasteiger partial charge in [-0.15, -0.1) is 0 Å². The molecule has 192 valence electrons. The van der Waals surface area contributed by atoms with E-state index in [1.54, 1.807) is 13.1 Å². The lowest BCUT2D eigenvalue weighted by atomic mass is 10.0. The van der Waals surface area contributed by atoms with Crippen molar-refractivity contribution >= 4 is 17.2 Å². The van der Waals surface area contributed by atoms with Crippen LogP contribution in [-0.4, -0.2) is 29.5 Å². The van der Waals surface area contributed by atoms with Gasteiger partial charge in [0.2, 0.25) is 5.75 Å². The Morgan fingerprint density at radius 3 is 2.41 bits per heavy atom. The van der Waals surface area contributed by atoms with Gasteiger partial charge < -0.3 is 9.84 Å². The van der Waals surface area contributed by atoms with Crippen LogP contribution in [0, 0.1) is 0 Å². The summed E-state index contributed by atoms with van der Waals surface area (Å²) < 4.78 is 49.8. The molecule has 0 saturated carbocycles. The zero-order chi connectivity index (χ0) is 26.8. The Morgan fingerprint density at radius 1 is 1.03 bits per heavy atom. The third kappa shape index (κ3) is 3.74. The van der Waals surface area contributed by atoms with Crippen LogP contribution >= 0.6 is 0 Å². The molecule has 0 fully saturated rings. The molecule has 0 aliphatic heterocycles. The first-order valence-corrected chi connectivity index (χ1v) is 11.0. The van der Waals surface area contributed by atoms with Crippen molar-refractivity contribution < 1.29 is 27.8 Å².